The highest BCUT2D eigenvalue weighted by Gasteiger charge is 2.19. The summed E-state index contributed by atoms with van der Waals surface area (Å²) in [6.45, 7) is 2.38. The summed E-state index contributed by atoms with van der Waals surface area (Å²) in [5.41, 5.74) is 2.74. The van der Waals surface area contributed by atoms with Crippen LogP contribution >= 0.6 is 0 Å². The van der Waals surface area contributed by atoms with E-state index in [9.17, 15) is 8.78 Å². The van der Waals surface area contributed by atoms with Crippen LogP contribution in [-0.2, 0) is 6.54 Å². The van der Waals surface area contributed by atoms with E-state index in [0.717, 1.165) is 30.4 Å². The maximum absolute atomic E-state index is 13.5. The molecule has 2 aromatic carbocycles. The Morgan fingerprint density at radius 2 is 1.65 bits per heavy atom. The van der Waals surface area contributed by atoms with Crippen LogP contribution in [0.25, 0.3) is 0 Å². The third kappa shape index (κ3) is 2.51. The molecule has 1 aliphatic rings. The fraction of sp³-hybridized carbons (Fsp3) is 0.250. The molecule has 2 nitrogen and oxygen atoms in total. The van der Waals surface area contributed by atoms with Crippen LogP contribution < -0.4 is 4.90 Å². The molecule has 1 aliphatic heterocycles. The fourth-order valence-corrected chi connectivity index (χ4v) is 2.63. The molecule has 3 rings (SSSR count). The number of likely N-dealkylation sites (N-methyl/N-ethyl adjacent to an activating group) is 1. The summed E-state index contributed by atoms with van der Waals surface area (Å²) >= 11 is 0. The Morgan fingerprint density at radius 3 is 2.40 bits per heavy atom. The number of para-hydroxylation sites is 1. The SMILES string of the molecule is CN1CCN(c2cc(F)cc(F)c2)c2ccccc2C1. The Balaban J connectivity index is 2.08. The molecule has 1 heterocycles. The number of halogens is 2. The Kier molecular flexibility index (Phi) is 3.40. The monoisotopic (exact) mass is 274 g/mol. The smallest absolute Gasteiger partial charge is 0.128 e. The number of rotatable bonds is 1. The zero-order valence-corrected chi connectivity index (χ0v) is 11.3. The molecule has 2 aromatic rings. The van der Waals surface area contributed by atoms with Gasteiger partial charge in [-0.15, -0.1) is 0 Å². The van der Waals surface area contributed by atoms with Crippen LogP contribution in [0.1, 0.15) is 5.56 Å². The first kappa shape index (κ1) is 13.1. The lowest BCUT2D eigenvalue weighted by Gasteiger charge is -2.25. The molecule has 0 aliphatic carbocycles. The van der Waals surface area contributed by atoms with Crippen molar-refractivity contribution in [2.24, 2.45) is 0 Å². The van der Waals surface area contributed by atoms with Crippen molar-refractivity contribution < 1.29 is 8.78 Å². The minimum atomic E-state index is -0.546. The van der Waals surface area contributed by atoms with Gasteiger partial charge in [-0.3, -0.25) is 0 Å². The first-order valence-electron chi connectivity index (χ1n) is 6.63. The molecule has 0 amide bonds. The van der Waals surface area contributed by atoms with Crippen LogP contribution in [0.2, 0.25) is 0 Å². The van der Waals surface area contributed by atoms with Crippen molar-refractivity contribution in [2.45, 2.75) is 6.54 Å². The molecule has 0 unspecified atom stereocenters. The highest BCUT2D eigenvalue weighted by atomic mass is 19.1. The quantitative estimate of drug-likeness (QED) is 0.784. The third-order valence-electron chi connectivity index (χ3n) is 3.59. The second kappa shape index (κ2) is 5.21. The third-order valence-corrected chi connectivity index (χ3v) is 3.59. The predicted octanol–water partition coefficient (Wildman–Crippen LogP) is 3.55. The second-order valence-corrected chi connectivity index (χ2v) is 5.15. The highest BCUT2D eigenvalue weighted by Crippen LogP contribution is 2.31. The van der Waals surface area contributed by atoms with Gasteiger partial charge in [0.2, 0.25) is 0 Å². The lowest BCUT2D eigenvalue weighted by Crippen LogP contribution is -2.26. The van der Waals surface area contributed by atoms with E-state index in [0.29, 0.717) is 12.2 Å². The van der Waals surface area contributed by atoms with E-state index in [1.165, 1.54) is 12.1 Å². The molecule has 0 saturated heterocycles. The number of fused-ring (bicyclic) bond motifs is 1. The van der Waals surface area contributed by atoms with E-state index >= 15 is 0 Å². The number of nitrogens with zero attached hydrogens (tertiary/aromatic N) is 2. The molecule has 0 spiro atoms. The summed E-state index contributed by atoms with van der Waals surface area (Å²) in [7, 11) is 2.05. The molecule has 0 radical (unpaired) electrons. The van der Waals surface area contributed by atoms with Crippen LogP contribution in [0.5, 0.6) is 0 Å². The molecule has 0 saturated carbocycles. The maximum atomic E-state index is 13.5. The Hall–Kier alpha value is -1.94. The number of hydrogen-bond acceptors (Lipinski definition) is 2. The molecule has 0 aromatic heterocycles. The van der Waals surface area contributed by atoms with Gasteiger partial charge in [-0.1, -0.05) is 18.2 Å². The fourth-order valence-electron chi connectivity index (χ4n) is 2.63. The van der Waals surface area contributed by atoms with Crippen molar-refractivity contribution in [1.82, 2.24) is 4.90 Å². The van der Waals surface area contributed by atoms with Crippen LogP contribution in [0.4, 0.5) is 20.2 Å². The predicted molar refractivity (Wildman–Crippen MR) is 76.1 cm³/mol. The molecule has 20 heavy (non-hydrogen) atoms. The molecule has 4 heteroatoms. The normalized spacial score (nSPS) is 15.8. The van der Waals surface area contributed by atoms with Gasteiger partial charge in [0.25, 0.3) is 0 Å². The minimum Gasteiger partial charge on any atom is -0.340 e. The lowest BCUT2D eigenvalue weighted by molar-refractivity contribution is 0.343. The average molecular weight is 274 g/mol. The van der Waals surface area contributed by atoms with Gasteiger partial charge in [0.15, 0.2) is 0 Å². The largest absolute Gasteiger partial charge is 0.340 e. The van der Waals surface area contributed by atoms with E-state index in [1.807, 2.05) is 30.1 Å². The zero-order valence-electron chi connectivity index (χ0n) is 11.3. The summed E-state index contributed by atoms with van der Waals surface area (Å²) in [5.74, 6) is -1.09. The van der Waals surface area contributed by atoms with Crippen molar-refractivity contribution in [3.05, 3.63) is 59.7 Å². The molecular weight excluding hydrogens is 258 g/mol. The molecule has 104 valence electrons. The topological polar surface area (TPSA) is 6.48 Å². The van der Waals surface area contributed by atoms with Gasteiger partial charge in [-0.2, -0.15) is 0 Å². The lowest BCUT2D eigenvalue weighted by atomic mass is 10.1. The van der Waals surface area contributed by atoms with Crippen LogP contribution in [0.15, 0.2) is 42.5 Å². The molecule has 0 N–H and O–H groups in total. The molecule has 0 fully saturated rings. The second-order valence-electron chi connectivity index (χ2n) is 5.15. The molecule has 0 bridgehead atoms. The Labute approximate surface area is 117 Å². The zero-order chi connectivity index (χ0) is 14.1. The summed E-state index contributed by atoms with van der Waals surface area (Å²) in [6.07, 6.45) is 0. The van der Waals surface area contributed by atoms with E-state index in [4.69, 9.17) is 0 Å². The van der Waals surface area contributed by atoms with E-state index in [1.54, 1.807) is 0 Å². The van der Waals surface area contributed by atoms with Crippen LogP contribution in [0.3, 0.4) is 0 Å². The first-order valence-corrected chi connectivity index (χ1v) is 6.63. The van der Waals surface area contributed by atoms with Gasteiger partial charge in [0, 0.05) is 37.1 Å². The van der Waals surface area contributed by atoms with Gasteiger partial charge >= 0.3 is 0 Å². The van der Waals surface area contributed by atoms with E-state index in [-0.39, 0.29) is 0 Å². The van der Waals surface area contributed by atoms with Gasteiger partial charge in [0.1, 0.15) is 11.6 Å². The summed E-state index contributed by atoms with van der Waals surface area (Å²) in [6, 6.07) is 11.7. The number of anilines is 2. The van der Waals surface area contributed by atoms with Gasteiger partial charge in [-0.05, 0) is 30.8 Å². The summed E-state index contributed by atoms with van der Waals surface area (Å²) in [4.78, 5) is 4.18. The Bertz CT molecular complexity index is 607. The van der Waals surface area contributed by atoms with Crippen molar-refractivity contribution in [1.29, 1.82) is 0 Å². The number of benzene rings is 2. The number of hydrogen-bond donors (Lipinski definition) is 0. The van der Waals surface area contributed by atoms with Gasteiger partial charge in [-0.25, -0.2) is 8.78 Å². The molecular formula is C16H16F2N2. The van der Waals surface area contributed by atoms with E-state index < -0.39 is 11.6 Å². The average Bonchev–Trinajstić information content (AvgIpc) is 2.55. The van der Waals surface area contributed by atoms with Crippen molar-refractivity contribution in [3.8, 4) is 0 Å². The van der Waals surface area contributed by atoms with Crippen LogP contribution in [-0.4, -0.2) is 25.0 Å². The molecule has 0 atom stereocenters. The summed E-state index contributed by atoms with van der Waals surface area (Å²) < 4.78 is 26.9. The summed E-state index contributed by atoms with van der Waals surface area (Å²) in [5, 5.41) is 0. The van der Waals surface area contributed by atoms with Crippen molar-refractivity contribution in [2.75, 3.05) is 25.0 Å². The maximum Gasteiger partial charge on any atom is 0.128 e. The standard InChI is InChI=1S/C16H16F2N2/c1-19-6-7-20(15-9-13(17)8-14(18)10-15)16-5-3-2-4-12(16)11-19/h2-5,8-10H,6-7,11H2,1H3. The van der Waals surface area contributed by atoms with Crippen molar-refractivity contribution >= 4 is 11.4 Å². The van der Waals surface area contributed by atoms with E-state index in [2.05, 4.69) is 11.0 Å². The van der Waals surface area contributed by atoms with Crippen LogP contribution in [0, 0.1) is 11.6 Å². The first-order chi connectivity index (χ1) is 9.63. The van der Waals surface area contributed by atoms with Gasteiger partial charge in [0.05, 0.1) is 0 Å². The highest BCUT2D eigenvalue weighted by molar-refractivity contribution is 5.67. The Morgan fingerprint density at radius 1 is 0.950 bits per heavy atom. The van der Waals surface area contributed by atoms with Gasteiger partial charge < -0.3 is 9.80 Å². The minimum absolute atomic E-state index is 0.546. The van der Waals surface area contributed by atoms with Crippen molar-refractivity contribution in [3.63, 3.8) is 0 Å².